The minimum absolute atomic E-state index is 0.0967. The Hall–Kier alpha value is -2.55. The van der Waals surface area contributed by atoms with E-state index in [0.29, 0.717) is 11.1 Å². The van der Waals surface area contributed by atoms with Crippen molar-refractivity contribution in [3.63, 3.8) is 0 Å². The molecule has 1 heterocycles. The quantitative estimate of drug-likeness (QED) is 0.677. The number of Topliss-reactive ketones (excluding diaryl/α,β-unsaturated/α-hetero) is 2. The molecule has 2 unspecified atom stereocenters. The molecule has 8 heteroatoms. The molecule has 2 aliphatic rings. The third-order valence-corrected chi connectivity index (χ3v) is 5.43. The van der Waals surface area contributed by atoms with Gasteiger partial charge in [0.25, 0.3) is 0 Å². The molecule has 30 heavy (non-hydrogen) atoms. The summed E-state index contributed by atoms with van der Waals surface area (Å²) in [5, 5.41) is 6.30. The van der Waals surface area contributed by atoms with E-state index >= 15 is 0 Å². The summed E-state index contributed by atoms with van der Waals surface area (Å²) in [7, 11) is 3.13. The highest BCUT2D eigenvalue weighted by atomic mass is 16.5. The number of hydrogen-bond acceptors (Lipinski definition) is 7. The van der Waals surface area contributed by atoms with E-state index in [1.54, 1.807) is 38.4 Å². The van der Waals surface area contributed by atoms with E-state index in [9.17, 15) is 14.4 Å². The number of allylic oxidation sites excluding steroid dienone is 2. The fourth-order valence-corrected chi connectivity index (χ4v) is 4.24. The van der Waals surface area contributed by atoms with E-state index in [-0.39, 0.29) is 60.6 Å². The molecule has 0 bridgehead atoms. The average molecular weight is 415 g/mol. The summed E-state index contributed by atoms with van der Waals surface area (Å²) in [4.78, 5) is 43.2. The van der Waals surface area contributed by atoms with Crippen LogP contribution in [0.2, 0.25) is 0 Å². The van der Waals surface area contributed by atoms with Gasteiger partial charge in [-0.25, -0.2) is 0 Å². The lowest BCUT2D eigenvalue weighted by molar-refractivity contribution is -0.131. The zero-order chi connectivity index (χ0) is 21.8. The van der Waals surface area contributed by atoms with E-state index in [4.69, 9.17) is 4.74 Å². The maximum absolute atomic E-state index is 13.3. The normalized spacial score (nSPS) is 22.1. The van der Waals surface area contributed by atoms with Crippen LogP contribution in [-0.2, 0) is 9.53 Å². The summed E-state index contributed by atoms with van der Waals surface area (Å²) in [5.41, 5.74) is 0.903. The minimum Gasteiger partial charge on any atom is -0.383 e. The summed E-state index contributed by atoms with van der Waals surface area (Å²) < 4.78 is 5.18. The standard InChI is InChI=1S/C22H30N4O4/c1-14-11-25(12-15(2)24-14)13-18(27)26(9-10-30-4)20-19(23-3)21(28)16-7-5-6-8-17(16)22(20)29/h5-8,14-15,23-24H,9-13H2,1-4H3. The Morgan fingerprint density at radius 2 is 1.77 bits per heavy atom. The number of carbonyl (C=O) groups is 3. The molecule has 162 valence electrons. The van der Waals surface area contributed by atoms with Crippen molar-refractivity contribution in [2.75, 3.05) is 46.9 Å². The van der Waals surface area contributed by atoms with Gasteiger partial charge >= 0.3 is 0 Å². The predicted molar refractivity (Wildman–Crippen MR) is 113 cm³/mol. The molecule has 0 radical (unpaired) electrons. The Morgan fingerprint density at radius 3 is 2.33 bits per heavy atom. The first kappa shape index (κ1) is 22.1. The highest BCUT2D eigenvalue weighted by molar-refractivity contribution is 6.27. The molecular formula is C22H30N4O4. The summed E-state index contributed by atoms with van der Waals surface area (Å²) in [5.74, 6) is -0.847. The number of likely N-dealkylation sites (N-methyl/N-ethyl adjacent to an activating group) is 1. The molecule has 2 atom stereocenters. The molecule has 1 fully saturated rings. The molecule has 3 rings (SSSR count). The molecule has 0 saturated carbocycles. The van der Waals surface area contributed by atoms with Gasteiger partial charge in [0.2, 0.25) is 17.5 Å². The predicted octanol–water partition coefficient (Wildman–Crippen LogP) is 0.654. The largest absolute Gasteiger partial charge is 0.383 e. The number of benzene rings is 1. The minimum atomic E-state index is -0.332. The SMILES string of the molecule is CNC1=C(N(CCOC)C(=O)CN2CC(C)NC(C)C2)C(=O)c2ccccc2C1=O. The van der Waals surface area contributed by atoms with Gasteiger partial charge in [0.05, 0.1) is 13.2 Å². The lowest BCUT2D eigenvalue weighted by atomic mass is 9.89. The maximum Gasteiger partial charge on any atom is 0.241 e. The molecular weight excluding hydrogens is 384 g/mol. The fourth-order valence-electron chi connectivity index (χ4n) is 4.24. The van der Waals surface area contributed by atoms with E-state index in [1.807, 2.05) is 0 Å². The van der Waals surface area contributed by atoms with E-state index in [1.165, 1.54) is 4.90 Å². The van der Waals surface area contributed by atoms with Crippen molar-refractivity contribution in [1.82, 2.24) is 20.4 Å². The molecule has 0 aromatic heterocycles. The van der Waals surface area contributed by atoms with Gasteiger partial charge < -0.3 is 20.3 Å². The van der Waals surface area contributed by atoms with E-state index < -0.39 is 0 Å². The van der Waals surface area contributed by atoms with Crippen molar-refractivity contribution in [2.24, 2.45) is 0 Å². The number of methoxy groups -OCH3 is 1. The Bertz CT molecular complexity index is 856. The third-order valence-electron chi connectivity index (χ3n) is 5.43. The van der Waals surface area contributed by atoms with Crippen LogP contribution in [0.1, 0.15) is 34.6 Å². The number of fused-ring (bicyclic) bond motifs is 1. The van der Waals surface area contributed by atoms with Crippen molar-refractivity contribution in [3.8, 4) is 0 Å². The van der Waals surface area contributed by atoms with Crippen LogP contribution in [0.25, 0.3) is 0 Å². The van der Waals surface area contributed by atoms with Crippen LogP contribution in [0.15, 0.2) is 35.7 Å². The fraction of sp³-hybridized carbons (Fsp3) is 0.500. The molecule has 1 aliphatic carbocycles. The Morgan fingerprint density at radius 1 is 1.17 bits per heavy atom. The van der Waals surface area contributed by atoms with Crippen molar-refractivity contribution in [1.29, 1.82) is 0 Å². The Labute approximate surface area is 177 Å². The van der Waals surface area contributed by atoms with Gasteiger partial charge in [0.1, 0.15) is 11.4 Å². The van der Waals surface area contributed by atoms with Crippen LogP contribution in [-0.4, -0.2) is 86.3 Å². The highest BCUT2D eigenvalue weighted by Gasteiger charge is 2.37. The van der Waals surface area contributed by atoms with Crippen molar-refractivity contribution in [2.45, 2.75) is 25.9 Å². The molecule has 1 aliphatic heterocycles. The zero-order valence-electron chi connectivity index (χ0n) is 18.0. The van der Waals surface area contributed by atoms with Crippen molar-refractivity contribution in [3.05, 3.63) is 46.8 Å². The highest BCUT2D eigenvalue weighted by Crippen LogP contribution is 2.27. The van der Waals surface area contributed by atoms with Gasteiger partial charge in [0, 0.05) is 57.0 Å². The molecule has 1 amide bonds. The maximum atomic E-state index is 13.3. The van der Waals surface area contributed by atoms with Crippen LogP contribution in [0.5, 0.6) is 0 Å². The first-order chi connectivity index (χ1) is 14.4. The van der Waals surface area contributed by atoms with E-state index in [2.05, 4.69) is 29.4 Å². The molecule has 1 aromatic rings. The van der Waals surface area contributed by atoms with Gasteiger partial charge in [-0.15, -0.1) is 0 Å². The van der Waals surface area contributed by atoms with Gasteiger partial charge in [-0.05, 0) is 13.8 Å². The molecule has 0 spiro atoms. The number of amides is 1. The van der Waals surface area contributed by atoms with Gasteiger partial charge in [-0.3, -0.25) is 19.3 Å². The monoisotopic (exact) mass is 414 g/mol. The zero-order valence-corrected chi connectivity index (χ0v) is 18.0. The van der Waals surface area contributed by atoms with Crippen LogP contribution in [0.3, 0.4) is 0 Å². The number of carbonyl (C=O) groups excluding carboxylic acids is 3. The Balaban J connectivity index is 1.94. The number of nitrogens with zero attached hydrogens (tertiary/aromatic N) is 2. The number of nitrogens with one attached hydrogen (secondary N) is 2. The third kappa shape index (κ3) is 4.45. The lowest BCUT2D eigenvalue weighted by Crippen LogP contribution is -2.56. The number of piperazine rings is 1. The first-order valence-corrected chi connectivity index (χ1v) is 10.3. The second-order valence-corrected chi connectivity index (χ2v) is 7.88. The summed E-state index contributed by atoms with van der Waals surface area (Å²) in [6.45, 7) is 6.25. The number of rotatable bonds is 7. The van der Waals surface area contributed by atoms with E-state index in [0.717, 1.165) is 13.1 Å². The summed E-state index contributed by atoms with van der Waals surface area (Å²) in [6.07, 6.45) is 0. The number of hydrogen-bond donors (Lipinski definition) is 2. The summed E-state index contributed by atoms with van der Waals surface area (Å²) in [6, 6.07) is 7.24. The lowest BCUT2D eigenvalue weighted by Gasteiger charge is -2.37. The topological polar surface area (TPSA) is 91.0 Å². The van der Waals surface area contributed by atoms with Crippen LogP contribution in [0.4, 0.5) is 0 Å². The Kier molecular flexibility index (Phi) is 7.02. The van der Waals surface area contributed by atoms with Crippen LogP contribution in [0, 0.1) is 0 Å². The number of ketones is 2. The van der Waals surface area contributed by atoms with Crippen molar-refractivity contribution < 1.29 is 19.1 Å². The second kappa shape index (κ2) is 9.51. The first-order valence-electron chi connectivity index (χ1n) is 10.3. The average Bonchev–Trinajstić information content (AvgIpc) is 2.71. The van der Waals surface area contributed by atoms with Crippen LogP contribution >= 0.6 is 0 Å². The number of ether oxygens (including phenoxy) is 1. The second-order valence-electron chi connectivity index (χ2n) is 7.88. The smallest absolute Gasteiger partial charge is 0.241 e. The van der Waals surface area contributed by atoms with Gasteiger partial charge in [-0.2, -0.15) is 0 Å². The molecule has 1 saturated heterocycles. The van der Waals surface area contributed by atoms with Gasteiger partial charge in [0.15, 0.2) is 0 Å². The molecule has 1 aromatic carbocycles. The van der Waals surface area contributed by atoms with Crippen LogP contribution < -0.4 is 10.6 Å². The molecule has 2 N–H and O–H groups in total. The summed E-state index contributed by atoms with van der Waals surface area (Å²) >= 11 is 0. The van der Waals surface area contributed by atoms with Gasteiger partial charge in [-0.1, -0.05) is 24.3 Å². The molecule has 8 nitrogen and oxygen atoms in total. The van der Waals surface area contributed by atoms with Crippen molar-refractivity contribution >= 4 is 17.5 Å².